The minimum atomic E-state index is -0.316. The van der Waals surface area contributed by atoms with E-state index in [1.165, 1.54) is 0 Å². The van der Waals surface area contributed by atoms with Crippen molar-refractivity contribution in [3.05, 3.63) is 0 Å². The summed E-state index contributed by atoms with van der Waals surface area (Å²) in [6, 6.07) is 0. The van der Waals surface area contributed by atoms with Crippen LogP contribution in [-0.4, -0.2) is 25.2 Å². The SMILES string of the molecule is CC(C)C[O][Mg][Br]. The molecule has 0 radical (unpaired) electrons. The molecule has 1 nitrogen and oxygen atoms in total. The highest BCUT2D eigenvalue weighted by Crippen LogP contribution is 1.91. The second kappa shape index (κ2) is 5.35. The van der Waals surface area contributed by atoms with Crippen LogP contribution in [0.15, 0.2) is 0 Å². The first-order valence-electron chi connectivity index (χ1n) is 2.41. The highest BCUT2D eigenvalue weighted by atomic mass is 79.9. The minimum absolute atomic E-state index is 0.316. The lowest BCUT2D eigenvalue weighted by Gasteiger charge is -2.02. The van der Waals surface area contributed by atoms with Crippen LogP contribution < -0.4 is 0 Å². The topological polar surface area (TPSA) is 9.23 Å². The molecule has 0 heterocycles. The van der Waals surface area contributed by atoms with E-state index in [-0.39, 0.29) is 18.6 Å². The largest absolute Gasteiger partial charge is 0.665 e. The van der Waals surface area contributed by atoms with E-state index in [0.717, 1.165) is 6.61 Å². The van der Waals surface area contributed by atoms with Gasteiger partial charge < -0.3 is 3.17 Å². The van der Waals surface area contributed by atoms with Gasteiger partial charge in [0.1, 0.15) is 0 Å². The molecule has 40 valence electrons. The zero-order chi connectivity index (χ0) is 5.70. The Balaban J connectivity index is 2.68. The maximum atomic E-state index is 5.15. The predicted octanol–water partition coefficient (Wildman–Crippen LogP) is 1.59. The van der Waals surface area contributed by atoms with E-state index in [1.807, 2.05) is 0 Å². The lowest BCUT2D eigenvalue weighted by Crippen LogP contribution is -2.00. The van der Waals surface area contributed by atoms with Crippen LogP contribution in [0.2, 0.25) is 0 Å². The Morgan fingerprint density at radius 3 is 2.43 bits per heavy atom. The Labute approximate surface area is 60.9 Å². The maximum Gasteiger partial charge on any atom is 0.665 e. The van der Waals surface area contributed by atoms with E-state index in [4.69, 9.17) is 3.17 Å². The van der Waals surface area contributed by atoms with Crippen LogP contribution in [0.1, 0.15) is 13.8 Å². The molecule has 0 unspecified atom stereocenters. The van der Waals surface area contributed by atoms with Gasteiger partial charge in [0.15, 0.2) is 0 Å². The van der Waals surface area contributed by atoms with Crippen molar-refractivity contribution in [2.75, 3.05) is 6.61 Å². The summed E-state index contributed by atoms with van der Waals surface area (Å²) < 4.78 is 5.15. The molecule has 0 atom stereocenters. The molecule has 0 aromatic rings. The average Bonchev–Trinajstić information content (AvgIpc) is 1.61. The van der Waals surface area contributed by atoms with Gasteiger partial charge in [0.25, 0.3) is 0 Å². The zero-order valence-corrected chi connectivity index (χ0v) is 7.78. The first kappa shape index (κ1) is 8.21. The van der Waals surface area contributed by atoms with Crippen molar-refractivity contribution in [3.63, 3.8) is 0 Å². The molecule has 0 aromatic heterocycles. The first-order valence-corrected chi connectivity index (χ1v) is 6.88. The summed E-state index contributed by atoms with van der Waals surface area (Å²) in [5.74, 6) is 0.685. The Morgan fingerprint density at radius 2 is 2.29 bits per heavy atom. The van der Waals surface area contributed by atoms with E-state index in [1.54, 1.807) is 0 Å². The summed E-state index contributed by atoms with van der Waals surface area (Å²) in [6.45, 7) is 5.21. The van der Waals surface area contributed by atoms with Gasteiger partial charge in [-0.05, 0) is 5.92 Å². The lowest BCUT2D eigenvalue weighted by atomic mass is 10.2. The molecule has 0 aliphatic heterocycles. The molecule has 0 aliphatic carbocycles. The minimum Gasteiger partial charge on any atom is -0.553 e. The highest BCUT2D eigenvalue weighted by Gasteiger charge is 1.92. The van der Waals surface area contributed by atoms with Crippen LogP contribution in [0.4, 0.5) is 0 Å². The van der Waals surface area contributed by atoms with Gasteiger partial charge in [0, 0.05) is 6.61 Å². The summed E-state index contributed by atoms with van der Waals surface area (Å²) in [4.78, 5) is 0. The normalized spacial score (nSPS) is 9.14. The van der Waals surface area contributed by atoms with Crippen LogP contribution in [0, 0.1) is 5.92 Å². The van der Waals surface area contributed by atoms with Crippen molar-refractivity contribution in [1.82, 2.24) is 0 Å². The van der Waals surface area contributed by atoms with Gasteiger partial charge in [-0.15, -0.1) is 0 Å². The zero-order valence-electron chi connectivity index (χ0n) is 4.78. The Morgan fingerprint density at radius 1 is 1.71 bits per heavy atom. The molecular weight excluding hydrogens is 168 g/mol. The number of halogens is 1. The first-order chi connectivity index (χ1) is 3.27. The highest BCUT2D eigenvalue weighted by molar-refractivity contribution is 9.23. The van der Waals surface area contributed by atoms with Crippen LogP contribution in [0.25, 0.3) is 0 Å². The number of hydrogen-bond donors (Lipinski definition) is 0. The van der Waals surface area contributed by atoms with E-state index in [9.17, 15) is 0 Å². The molecule has 0 amide bonds. The van der Waals surface area contributed by atoms with Gasteiger partial charge in [-0.25, -0.2) is 12.9 Å². The van der Waals surface area contributed by atoms with Crippen molar-refractivity contribution in [1.29, 1.82) is 0 Å². The second-order valence-electron chi connectivity index (χ2n) is 1.87. The molecule has 0 rings (SSSR count). The number of rotatable bonds is 3. The molecule has 0 saturated carbocycles. The summed E-state index contributed by atoms with van der Waals surface area (Å²) >= 11 is 2.98. The lowest BCUT2D eigenvalue weighted by molar-refractivity contribution is 0.293. The van der Waals surface area contributed by atoms with Crippen LogP contribution >= 0.6 is 12.9 Å². The van der Waals surface area contributed by atoms with Crippen molar-refractivity contribution >= 4 is 31.5 Å². The summed E-state index contributed by atoms with van der Waals surface area (Å²) in [6.07, 6.45) is 0. The van der Waals surface area contributed by atoms with E-state index < -0.39 is 0 Å². The molecule has 0 fully saturated rings. The van der Waals surface area contributed by atoms with Gasteiger partial charge in [-0.2, -0.15) is 0 Å². The van der Waals surface area contributed by atoms with Gasteiger partial charge in [0.2, 0.25) is 0 Å². The van der Waals surface area contributed by atoms with E-state index in [0.29, 0.717) is 5.92 Å². The molecule has 3 heteroatoms. The summed E-state index contributed by atoms with van der Waals surface area (Å²) in [5.41, 5.74) is 0. The van der Waals surface area contributed by atoms with Crippen molar-refractivity contribution in [2.45, 2.75) is 13.8 Å². The average molecular weight is 177 g/mol. The molecule has 0 saturated heterocycles. The van der Waals surface area contributed by atoms with Crippen LogP contribution in [0.3, 0.4) is 0 Å². The quantitative estimate of drug-likeness (QED) is 0.595. The van der Waals surface area contributed by atoms with Gasteiger partial charge in [-0.1, -0.05) is 13.8 Å². The summed E-state index contributed by atoms with van der Waals surface area (Å²) in [5, 5.41) is 0. The standard InChI is InChI=1S/C4H9O.BrH.Mg/c1-4(2)3-5;;/h4H,3H2,1-2H3;1H;/q-1;;+2/p-1. The third-order valence-electron chi connectivity index (χ3n) is 0.528. The van der Waals surface area contributed by atoms with E-state index >= 15 is 0 Å². The summed E-state index contributed by atoms with van der Waals surface area (Å²) in [7, 11) is 0. The molecule has 7 heavy (non-hydrogen) atoms. The fraction of sp³-hybridized carbons (Fsp3) is 1.00. The molecule has 0 aromatic carbocycles. The third-order valence-corrected chi connectivity index (χ3v) is 1.89. The van der Waals surface area contributed by atoms with Crippen molar-refractivity contribution < 1.29 is 3.17 Å². The van der Waals surface area contributed by atoms with Gasteiger partial charge in [-0.3, -0.25) is 0 Å². The third kappa shape index (κ3) is 7.21. The Hall–Kier alpha value is 1.21. The van der Waals surface area contributed by atoms with Crippen LogP contribution in [-0.2, 0) is 3.17 Å². The fourth-order valence-electron chi connectivity index (χ4n) is 0.280. The fourth-order valence-corrected chi connectivity index (χ4v) is 1.40. The van der Waals surface area contributed by atoms with Crippen LogP contribution in [0.5, 0.6) is 0 Å². The number of hydrogen-bond acceptors (Lipinski definition) is 1. The molecule has 0 aliphatic rings. The second-order valence-corrected chi connectivity index (χ2v) is 3.87. The molecule has 0 bridgehead atoms. The van der Waals surface area contributed by atoms with Crippen molar-refractivity contribution in [3.8, 4) is 0 Å². The monoisotopic (exact) mass is 176 g/mol. The predicted molar refractivity (Wildman–Crippen MR) is 35.5 cm³/mol. The molecule has 0 N–H and O–H groups in total. The van der Waals surface area contributed by atoms with Gasteiger partial charge in [0.05, 0.1) is 0 Å². The van der Waals surface area contributed by atoms with E-state index in [2.05, 4.69) is 26.7 Å². The Kier molecular flexibility index (Phi) is 6.27. The maximum absolute atomic E-state index is 5.15. The Bertz CT molecular complexity index is 40.7. The smallest absolute Gasteiger partial charge is 0.553 e. The molecular formula is C4H9BrMgO. The molecule has 0 spiro atoms. The van der Waals surface area contributed by atoms with Gasteiger partial charge >= 0.3 is 18.6 Å². The van der Waals surface area contributed by atoms with Crippen molar-refractivity contribution in [2.24, 2.45) is 5.92 Å².